The van der Waals surface area contributed by atoms with Crippen molar-refractivity contribution in [1.29, 1.82) is 0 Å². The van der Waals surface area contributed by atoms with Crippen molar-refractivity contribution in [2.45, 2.75) is 51.4 Å². The quantitative estimate of drug-likeness (QED) is 0.0323. The molecule has 0 bridgehead atoms. The van der Waals surface area contributed by atoms with Crippen molar-refractivity contribution in [2.24, 2.45) is 10.8 Å². The van der Waals surface area contributed by atoms with Gasteiger partial charge in [0.25, 0.3) is 0 Å². The normalized spacial score (nSPS) is 13.6. The summed E-state index contributed by atoms with van der Waals surface area (Å²) in [7, 11) is 1.13. The van der Waals surface area contributed by atoms with Crippen molar-refractivity contribution < 1.29 is 91.6 Å². The maximum atomic E-state index is 13.6. The van der Waals surface area contributed by atoms with Crippen molar-refractivity contribution in [3.05, 3.63) is 168 Å². The molecule has 0 spiro atoms. The molecule has 0 saturated heterocycles. The number of halogens is 3. The number of ether oxygens (including phenoxy) is 6. The van der Waals surface area contributed by atoms with Crippen LogP contribution in [0.2, 0.25) is 0 Å². The molecule has 0 aliphatic heterocycles. The van der Waals surface area contributed by atoms with Gasteiger partial charge < -0.3 is 37.7 Å². The number of hydrogen-bond donors (Lipinski definition) is 3. The van der Waals surface area contributed by atoms with E-state index in [4.69, 9.17) is 45.9 Å². The van der Waals surface area contributed by atoms with E-state index in [0.717, 1.165) is 34.5 Å². The summed E-state index contributed by atoms with van der Waals surface area (Å²) in [6.45, 7) is 0. The van der Waals surface area contributed by atoms with Crippen LogP contribution in [0.15, 0.2) is 134 Å². The average Bonchev–Trinajstić information content (AvgIpc) is 1.79. The van der Waals surface area contributed by atoms with Crippen molar-refractivity contribution in [1.82, 2.24) is 9.97 Å². The van der Waals surface area contributed by atoms with E-state index in [1.807, 2.05) is 0 Å². The van der Waals surface area contributed by atoms with E-state index < -0.39 is 53.7 Å². The van der Waals surface area contributed by atoms with Crippen LogP contribution in [-0.4, -0.2) is 92.6 Å². The average molecular weight is 1230 g/mol. The van der Waals surface area contributed by atoms with Crippen LogP contribution < -0.4 is 32.6 Å². The summed E-state index contributed by atoms with van der Waals surface area (Å²) in [5.41, 5.74) is 0.892. The second-order valence-electron chi connectivity index (χ2n) is 19.6. The number of phenols is 1. The van der Waals surface area contributed by atoms with Crippen LogP contribution in [0, 0.1) is 22.5 Å². The van der Waals surface area contributed by atoms with Crippen molar-refractivity contribution in [3.63, 3.8) is 0 Å². The summed E-state index contributed by atoms with van der Waals surface area (Å²) < 4.78 is 121. The summed E-state index contributed by atoms with van der Waals surface area (Å²) >= 11 is 0. The largest absolute Gasteiger partial charge is 0.508 e. The highest BCUT2D eigenvalue weighted by Crippen LogP contribution is 2.50. The van der Waals surface area contributed by atoms with Gasteiger partial charge in [0, 0.05) is 94.9 Å². The number of methoxy groups -OCH3 is 4. The zero-order valence-corrected chi connectivity index (χ0v) is 48.1. The number of carbonyl (C=O) groups is 4. The zero-order chi connectivity index (χ0) is 61.4. The van der Waals surface area contributed by atoms with Gasteiger partial charge in [0.15, 0.2) is 51.9 Å². The molecule has 0 unspecified atom stereocenters. The monoisotopic (exact) mass is 1230 g/mol. The molecule has 8 aromatic rings. The number of Topliss-reactive ketones (excluding diaryl/α,β-unsaturated/α-hetero) is 4. The highest BCUT2D eigenvalue weighted by molar-refractivity contribution is 8.09. The maximum Gasteiger partial charge on any atom is 0.446 e. The highest BCUT2D eigenvalue weighted by Gasteiger charge is 2.55. The fourth-order valence-corrected chi connectivity index (χ4v) is 9.68. The third-order valence-electron chi connectivity index (χ3n) is 14.1. The Hall–Kier alpha value is -8.81. The molecule has 0 atom stereocenters. The van der Waals surface area contributed by atoms with Crippen molar-refractivity contribution in [3.8, 4) is 57.5 Å². The summed E-state index contributed by atoms with van der Waals surface area (Å²) in [6.07, 6.45) is 4.57. The molecule has 2 aromatic heterocycles. The molecule has 2 aliphatic rings. The van der Waals surface area contributed by atoms with Gasteiger partial charge in [0.2, 0.25) is 0 Å². The Balaban J connectivity index is 0.000000206. The number of carbonyl (C=O) groups excluding carboxylic acids is 4. The lowest BCUT2D eigenvalue weighted by Crippen LogP contribution is -2.29. The number of hydrogen-bond acceptors (Lipinski definition) is 18. The van der Waals surface area contributed by atoms with E-state index in [-0.39, 0.29) is 54.3 Å². The molecule has 0 amide bonds. The molecule has 10 rings (SSSR count). The van der Waals surface area contributed by atoms with Gasteiger partial charge in [-0.15, -0.1) is 0 Å². The van der Waals surface area contributed by atoms with E-state index in [9.17, 15) is 41.5 Å². The first-order chi connectivity index (χ1) is 40.3. The van der Waals surface area contributed by atoms with E-state index in [1.165, 1.54) is 25.3 Å². The van der Waals surface area contributed by atoms with Gasteiger partial charge in [-0.2, -0.15) is 16.8 Å². The Kier molecular flexibility index (Phi) is 19.0. The van der Waals surface area contributed by atoms with E-state index in [2.05, 4.69) is 24.8 Å². The molecule has 2 fully saturated rings. The molecule has 6 aromatic carbocycles. The summed E-state index contributed by atoms with van der Waals surface area (Å²) in [5.74, 6) is 1.13. The number of nitrogens with zero attached hydrogens (tertiary/aromatic N) is 2. The second kappa shape index (κ2) is 26.0. The maximum absolute atomic E-state index is 13.6. The molecular formula is C60H53ClF2N2O18S2. The SMILES string of the molecule is COc1cc2nccc(Oc3ccc(CC(=O)C4(C(=O)Cc5ccc(F)cc5O)CC4)cc3)c2cc1OC.COc1cc2nccc(Oc3ccc(CC(=O)C4(C(=O)Cc5ccc(F)cc5OS(=O)(=O)O)CC4)cc3)c2cc1OC.O=S(=O)(O)Cl. The second-order valence-corrected chi connectivity index (χ2v) is 22.6. The van der Waals surface area contributed by atoms with Gasteiger partial charge in [-0.25, -0.2) is 8.78 Å². The first-order valence-corrected chi connectivity index (χ1v) is 29.3. The number of pyridine rings is 2. The first-order valence-electron chi connectivity index (χ1n) is 25.6. The molecule has 3 N–H and O–H groups in total. The minimum absolute atomic E-state index is 0.000997. The van der Waals surface area contributed by atoms with Gasteiger partial charge in [0.05, 0.1) is 50.3 Å². The lowest BCUT2D eigenvalue weighted by molar-refractivity contribution is -0.135. The van der Waals surface area contributed by atoms with Crippen LogP contribution >= 0.6 is 10.7 Å². The van der Waals surface area contributed by atoms with E-state index in [0.29, 0.717) is 93.8 Å². The van der Waals surface area contributed by atoms with Crippen LogP contribution in [0.4, 0.5) is 8.78 Å². The Morgan fingerprint density at radius 2 is 0.859 bits per heavy atom. The van der Waals surface area contributed by atoms with Crippen LogP contribution in [-0.2, 0) is 64.6 Å². The molecule has 20 nitrogen and oxygen atoms in total. The number of ketones is 4. The van der Waals surface area contributed by atoms with Gasteiger partial charge in [-0.3, -0.25) is 38.3 Å². The summed E-state index contributed by atoms with van der Waals surface area (Å²) in [6, 6.07) is 31.1. The minimum Gasteiger partial charge on any atom is -0.508 e. The minimum atomic E-state index is -4.94. The van der Waals surface area contributed by atoms with Crippen LogP contribution in [0.1, 0.15) is 47.9 Å². The fourth-order valence-electron chi connectivity index (χ4n) is 9.30. The lowest BCUT2D eigenvalue weighted by atomic mass is 9.87. The molecule has 444 valence electrons. The fraction of sp³-hybridized carbons (Fsp3) is 0.233. The third-order valence-corrected chi connectivity index (χ3v) is 14.4. The molecular weight excluding hydrogens is 1170 g/mol. The van der Waals surface area contributed by atoms with Crippen LogP contribution in [0.5, 0.6) is 57.5 Å². The number of phenolic OH excluding ortho intramolecular Hbond substituents is 1. The molecule has 2 aliphatic carbocycles. The molecule has 25 heteroatoms. The Morgan fingerprint density at radius 1 is 0.494 bits per heavy atom. The number of aromatic hydroxyl groups is 1. The first kappa shape index (κ1) is 62.2. The predicted molar refractivity (Wildman–Crippen MR) is 305 cm³/mol. The van der Waals surface area contributed by atoms with Gasteiger partial charge in [-0.1, -0.05) is 36.4 Å². The number of benzene rings is 6. The number of rotatable bonds is 22. The topological polar surface area (TPSA) is 288 Å². The van der Waals surface area contributed by atoms with E-state index >= 15 is 0 Å². The Morgan fingerprint density at radius 3 is 1.24 bits per heavy atom. The Bertz CT molecular complexity index is 4080. The van der Waals surface area contributed by atoms with E-state index in [1.54, 1.807) is 119 Å². The third kappa shape index (κ3) is 15.7. The molecule has 85 heavy (non-hydrogen) atoms. The molecule has 2 heterocycles. The Labute approximate surface area is 490 Å². The number of aromatic nitrogens is 2. The summed E-state index contributed by atoms with van der Waals surface area (Å²) in [4.78, 5) is 61.2. The highest BCUT2D eigenvalue weighted by atomic mass is 35.7. The smallest absolute Gasteiger partial charge is 0.446 e. The van der Waals surface area contributed by atoms with Crippen LogP contribution in [0.25, 0.3) is 21.8 Å². The van der Waals surface area contributed by atoms with Crippen LogP contribution in [0.3, 0.4) is 0 Å². The lowest BCUT2D eigenvalue weighted by Gasteiger charge is -2.15. The van der Waals surface area contributed by atoms with Crippen molar-refractivity contribution >= 4 is 75.4 Å². The number of fused-ring (bicyclic) bond motifs is 2. The van der Waals surface area contributed by atoms with Gasteiger partial charge >= 0.3 is 19.7 Å². The van der Waals surface area contributed by atoms with Gasteiger partial charge in [0.1, 0.15) is 40.4 Å². The molecule has 2 saturated carbocycles. The molecule has 0 radical (unpaired) electrons. The predicted octanol–water partition coefficient (Wildman–Crippen LogP) is 10.7. The van der Waals surface area contributed by atoms with Crippen molar-refractivity contribution in [2.75, 3.05) is 28.4 Å². The summed E-state index contributed by atoms with van der Waals surface area (Å²) in [5, 5.41) is 11.4. The van der Waals surface area contributed by atoms with Gasteiger partial charge in [-0.05, 0) is 97.5 Å². The zero-order valence-electron chi connectivity index (χ0n) is 45.7. The standard InChI is InChI=1S/C30H26FNO9S.C30H26FNO6.ClHO3S/c1-38-26-16-22-23(17-27(26)39-2)32-12-9-24(22)40-21-7-3-18(4-8-21)13-28(33)30(10-11-30)29(34)14-19-5-6-20(31)15-25(19)41-42(35,36)37;1-36-26-16-22-23(17-27(26)37-2)32-12-9-25(22)38-21-7-3-18(4-8-21)13-28(34)30(10-11-30)29(35)14-19-5-6-20(31)15-24(19)33;1-5(2,3)4/h3-9,12,15-17H,10-11,13-14H2,1-2H3,(H,35,36,37);3-9,12,15-17,33H,10-11,13-14H2,1-2H3;(H,2,3,4).